The number of hydrogen-bond donors (Lipinski definition) is 0. The topological polar surface area (TPSA) is 53.4 Å². The first-order chi connectivity index (χ1) is 9.22. The molecule has 0 aliphatic rings. The van der Waals surface area contributed by atoms with Gasteiger partial charge < -0.3 is 14.0 Å². The lowest BCUT2D eigenvalue weighted by atomic mass is 10.1. The molecule has 2 rings (SSSR count). The summed E-state index contributed by atoms with van der Waals surface area (Å²) in [6, 6.07) is 9.46. The molecule has 0 saturated carbocycles. The maximum Gasteiger partial charge on any atom is 0.509 e. The third-order valence-corrected chi connectivity index (χ3v) is 2.67. The summed E-state index contributed by atoms with van der Waals surface area (Å²) in [5.74, 6) is 0.652. The number of carbonyl (C=O) groups is 1. The van der Waals surface area contributed by atoms with E-state index in [1.165, 1.54) is 0 Å². The summed E-state index contributed by atoms with van der Waals surface area (Å²) in [4.78, 5) is 15.8. The van der Waals surface area contributed by atoms with E-state index < -0.39 is 12.3 Å². The molecule has 0 aliphatic carbocycles. The summed E-state index contributed by atoms with van der Waals surface area (Å²) >= 11 is 0. The number of imidazole rings is 1. The second-order valence-electron chi connectivity index (χ2n) is 3.99. The van der Waals surface area contributed by atoms with Gasteiger partial charge in [0.2, 0.25) is 0 Å². The monoisotopic (exact) mass is 260 g/mol. The molecule has 5 heteroatoms. The molecule has 0 amide bonds. The Morgan fingerprint density at radius 1 is 1.37 bits per heavy atom. The maximum atomic E-state index is 11.6. The number of aromatic nitrogens is 2. The molecule has 1 atom stereocenters. The predicted octanol–water partition coefficient (Wildman–Crippen LogP) is 2.68. The van der Waals surface area contributed by atoms with Crippen LogP contribution < -0.4 is 0 Å². The lowest BCUT2D eigenvalue weighted by Gasteiger charge is -2.17. The molecule has 0 radical (unpaired) electrons. The van der Waals surface area contributed by atoms with Crippen LogP contribution in [0.3, 0.4) is 0 Å². The van der Waals surface area contributed by atoms with Gasteiger partial charge in [-0.1, -0.05) is 30.3 Å². The van der Waals surface area contributed by atoms with E-state index in [9.17, 15) is 4.79 Å². The maximum absolute atomic E-state index is 11.6. The Bertz CT molecular complexity index is 537. The van der Waals surface area contributed by atoms with Gasteiger partial charge in [0.15, 0.2) is 11.9 Å². The number of benzene rings is 1. The zero-order chi connectivity index (χ0) is 13.7. The van der Waals surface area contributed by atoms with Crippen molar-refractivity contribution in [2.24, 2.45) is 7.05 Å². The summed E-state index contributed by atoms with van der Waals surface area (Å²) in [5, 5.41) is 0. The second-order valence-corrected chi connectivity index (χ2v) is 3.99. The molecule has 1 unspecified atom stereocenters. The molecule has 1 aromatic carbocycles. The van der Waals surface area contributed by atoms with Crippen molar-refractivity contribution < 1.29 is 14.3 Å². The zero-order valence-electron chi connectivity index (χ0n) is 10.9. The minimum Gasteiger partial charge on any atom is -0.435 e. The Morgan fingerprint density at radius 3 is 2.68 bits per heavy atom. The van der Waals surface area contributed by atoms with Crippen molar-refractivity contribution in [3.05, 3.63) is 54.1 Å². The van der Waals surface area contributed by atoms with Crippen LogP contribution in [0.25, 0.3) is 0 Å². The van der Waals surface area contributed by atoms with Gasteiger partial charge in [-0.25, -0.2) is 9.78 Å². The minimum absolute atomic E-state index is 0.279. The fourth-order valence-corrected chi connectivity index (χ4v) is 1.78. The smallest absolute Gasteiger partial charge is 0.435 e. The van der Waals surface area contributed by atoms with Crippen molar-refractivity contribution in [3.63, 3.8) is 0 Å². The molecule has 100 valence electrons. The normalized spacial score (nSPS) is 11.9. The second kappa shape index (κ2) is 6.04. The van der Waals surface area contributed by atoms with Crippen molar-refractivity contribution in [3.8, 4) is 0 Å². The van der Waals surface area contributed by atoms with E-state index in [0.717, 1.165) is 5.56 Å². The number of nitrogens with zero attached hydrogens (tertiary/aromatic N) is 2. The summed E-state index contributed by atoms with van der Waals surface area (Å²) in [7, 11) is 1.85. The Labute approximate surface area is 111 Å². The van der Waals surface area contributed by atoms with Gasteiger partial charge in [-0.15, -0.1) is 0 Å². The van der Waals surface area contributed by atoms with Crippen molar-refractivity contribution in [1.82, 2.24) is 9.55 Å². The van der Waals surface area contributed by atoms with Crippen LogP contribution in [-0.4, -0.2) is 22.3 Å². The van der Waals surface area contributed by atoms with E-state index in [0.29, 0.717) is 5.82 Å². The molecular weight excluding hydrogens is 244 g/mol. The van der Waals surface area contributed by atoms with Crippen molar-refractivity contribution in [2.45, 2.75) is 13.0 Å². The molecule has 1 heterocycles. The Balaban J connectivity index is 2.29. The van der Waals surface area contributed by atoms with Crippen molar-refractivity contribution in [2.75, 3.05) is 6.61 Å². The molecular formula is C14H16N2O3. The Hall–Kier alpha value is -2.30. The van der Waals surface area contributed by atoms with Gasteiger partial charge >= 0.3 is 6.16 Å². The van der Waals surface area contributed by atoms with E-state index in [2.05, 4.69) is 4.98 Å². The van der Waals surface area contributed by atoms with Crippen molar-refractivity contribution >= 4 is 6.16 Å². The van der Waals surface area contributed by atoms with Crippen LogP contribution >= 0.6 is 0 Å². The van der Waals surface area contributed by atoms with E-state index in [1.54, 1.807) is 19.3 Å². The molecule has 1 aromatic heterocycles. The molecule has 19 heavy (non-hydrogen) atoms. The third kappa shape index (κ3) is 3.13. The average molecular weight is 260 g/mol. The van der Waals surface area contributed by atoms with Crippen LogP contribution in [-0.2, 0) is 16.5 Å². The van der Waals surface area contributed by atoms with Crippen LogP contribution in [0.5, 0.6) is 0 Å². The van der Waals surface area contributed by atoms with Gasteiger partial charge in [0.05, 0.1) is 6.61 Å². The average Bonchev–Trinajstić information content (AvgIpc) is 2.83. The standard InChI is InChI=1S/C14H16N2O3/c1-3-18-14(17)19-12(11-7-5-4-6-8-11)13-15-9-10-16(13)2/h4-10,12H,3H2,1-2H3. The van der Waals surface area contributed by atoms with Gasteiger partial charge in [-0.3, -0.25) is 0 Å². The highest BCUT2D eigenvalue weighted by molar-refractivity contribution is 5.60. The van der Waals surface area contributed by atoms with Gasteiger partial charge in [-0.2, -0.15) is 0 Å². The number of hydrogen-bond acceptors (Lipinski definition) is 4. The zero-order valence-corrected chi connectivity index (χ0v) is 10.9. The summed E-state index contributed by atoms with van der Waals surface area (Å²) in [5.41, 5.74) is 0.852. The summed E-state index contributed by atoms with van der Waals surface area (Å²) in [6.07, 6.45) is 2.21. The van der Waals surface area contributed by atoms with Crippen LogP contribution in [0.2, 0.25) is 0 Å². The Morgan fingerprint density at radius 2 is 2.11 bits per heavy atom. The number of rotatable bonds is 4. The van der Waals surface area contributed by atoms with Gasteiger partial charge in [0.1, 0.15) is 0 Å². The number of aryl methyl sites for hydroxylation is 1. The van der Waals surface area contributed by atoms with E-state index in [-0.39, 0.29) is 6.61 Å². The van der Waals surface area contributed by atoms with Crippen molar-refractivity contribution in [1.29, 1.82) is 0 Å². The number of carbonyl (C=O) groups excluding carboxylic acids is 1. The van der Waals surface area contributed by atoms with Crippen LogP contribution in [0.4, 0.5) is 4.79 Å². The molecule has 0 fully saturated rings. The SMILES string of the molecule is CCOC(=O)OC(c1ccccc1)c1nccn1C. The molecule has 0 spiro atoms. The largest absolute Gasteiger partial charge is 0.509 e. The molecule has 0 N–H and O–H groups in total. The van der Waals surface area contributed by atoms with Gasteiger partial charge in [0, 0.05) is 25.0 Å². The first-order valence-electron chi connectivity index (χ1n) is 6.08. The summed E-state index contributed by atoms with van der Waals surface area (Å²) < 4.78 is 12.0. The lowest BCUT2D eigenvalue weighted by Crippen LogP contribution is -2.17. The van der Waals surface area contributed by atoms with Crippen LogP contribution in [0.1, 0.15) is 24.4 Å². The first-order valence-corrected chi connectivity index (χ1v) is 6.08. The van der Waals surface area contributed by atoms with E-state index in [1.807, 2.05) is 41.9 Å². The molecule has 5 nitrogen and oxygen atoms in total. The first kappa shape index (κ1) is 13.1. The molecule has 2 aromatic rings. The Kier molecular flexibility index (Phi) is 4.18. The van der Waals surface area contributed by atoms with Gasteiger partial charge in [-0.05, 0) is 6.92 Å². The highest BCUT2D eigenvalue weighted by atomic mass is 16.7. The van der Waals surface area contributed by atoms with E-state index >= 15 is 0 Å². The summed E-state index contributed by atoms with van der Waals surface area (Å²) in [6.45, 7) is 2.01. The fourth-order valence-electron chi connectivity index (χ4n) is 1.78. The molecule has 0 bridgehead atoms. The lowest BCUT2D eigenvalue weighted by molar-refractivity contribution is 0.0348. The minimum atomic E-state index is -0.695. The fraction of sp³-hybridized carbons (Fsp3) is 0.286. The van der Waals surface area contributed by atoms with Crippen LogP contribution in [0, 0.1) is 0 Å². The third-order valence-electron chi connectivity index (χ3n) is 2.67. The van der Waals surface area contributed by atoms with Gasteiger partial charge in [0.25, 0.3) is 0 Å². The molecule has 0 aliphatic heterocycles. The molecule has 0 saturated heterocycles. The highest BCUT2D eigenvalue weighted by Gasteiger charge is 2.23. The van der Waals surface area contributed by atoms with E-state index in [4.69, 9.17) is 9.47 Å². The number of ether oxygens (including phenoxy) is 2. The highest BCUT2D eigenvalue weighted by Crippen LogP contribution is 2.24. The predicted molar refractivity (Wildman–Crippen MR) is 69.6 cm³/mol. The quantitative estimate of drug-likeness (QED) is 0.793. The van der Waals surface area contributed by atoms with Crippen LogP contribution in [0.15, 0.2) is 42.7 Å².